The van der Waals surface area contributed by atoms with Crippen molar-refractivity contribution in [3.05, 3.63) is 48.0 Å². The standard InChI is InChI=1S/C17H21NO4.ClH/c1-22-15(19)10-9-14(13-7-3-2-4-8-13)18-17(16(20)21)11-5-6-12-17;/h2-4,7-10,14,18H,5-6,11-12H2,1H3,(H,20,21);1H/b10-9+;. The fraction of sp³-hybridized carbons (Fsp3) is 0.412. The number of carbonyl (C=O) groups is 2. The number of rotatable bonds is 6. The number of ether oxygens (including phenoxy) is 1. The van der Waals surface area contributed by atoms with Crippen molar-refractivity contribution in [3.8, 4) is 0 Å². The second kappa shape index (κ2) is 8.70. The van der Waals surface area contributed by atoms with E-state index in [1.165, 1.54) is 13.2 Å². The number of nitrogens with one attached hydrogen (secondary N) is 1. The summed E-state index contributed by atoms with van der Waals surface area (Å²) in [4.78, 5) is 23.1. The highest BCUT2D eigenvalue weighted by molar-refractivity contribution is 5.85. The molecule has 6 heteroatoms. The van der Waals surface area contributed by atoms with Gasteiger partial charge in [0.2, 0.25) is 0 Å². The van der Waals surface area contributed by atoms with Gasteiger partial charge >= 0.3 is 11.9 Å². The van der Waals surface area contributed by atoms with E-state index >= 15 is 0 Å². The predicted octanol–water partition coefficient (Wildman–Crippen LogP) is 2.87. The third-order valence-electron chi connectivity index (χ3n) is 4.08. The molecule has 0 spiro atoms. The van der Waals surface area contributed by atoms with Crippen LogP contribution in [0.2, 0.25) is 0 Å². The molecule has 0 radical (unpaired) electrons. The van der Waals surface area contributed by atoms with Crippen LogP contribution in [-0.2, 0) is 14.3 Å². The van der Waals surface area contributed by atoms with Crippen LogP contribution in [0, 0.1) is 0 Å². The summed E-state index contributed by atoms with van der Waals surface area (Å²) < 4.78 is 4.61. The molecular formula is C17H22ClNO4. The smallest absolute Gasteiger partial charge is 0.330 e. The Bertz CT molecular complexity index is 553. The molecule has 0 bridgehead atoms. The van der Waals surface area contributed by atoms with Crippen molar-refractivity contribution < 1.29 is 19.4 Å². The number of methoxy groups -OCH3 is 1. The van der Waals surface area contributed by atoms with Crippen LogP contribution in [0.15, 0.2) is 42.5 Å². The van der Waals surface area contributed by atoms with E-state index in [1.54, 1.807) is 6.08 Å². The topological polar surface area (TPSA) is 75.6 Å². The first-order valence-corrected chi connectivity index (χ1v) is 7.39. The predicted molar refractivity (Wildman–Crippen MR) is 89.6 cm³/mol. The fourth-order valence-electron chi connectivity index (χ4n) is 2.84. The van der Waals surface area contributed by atoms with E-state index in [9.17, 15) is 14.7 Å². The first-order valence-electron chi connectivity index (χ1n) is 7.39. The van der Waals surface area contributed by atoms with Crippen LogP contribution < -0.4 is 5.32 Å². The van der Waals surface area contributed by atoms with Gasteiger partial charge in [0.25, 0.3) is 0 Å². The van der Waals surface area contributed by atoms with E-state index in [1.807, 2.05) is 30.3 Å². The molecule has 1 aliphatic carbocycles. The Morgan fingerprint density at radius 1 is 1.26 bits per heavy atom. The highest BCUT2D eigenvalue weighted by Crippen LogP contribution is 2.33. The third kappa shape index (κ3) is 4.81. The maximum Gasteiger partial charge on any atom is 0.330 e. The summed E-state index contributed by atoms with van der Waals surface area (Å²) in [5.74, 6) is -1.30. The number of halogens is 1. The Hall–Kier alpha value is -1.85. The molecule has 0 amide bonds. The minimum atomic E-state index is -0.930. The molecule has 0 saturated heterocycles. The molecule has 0 aromatic heterocycles. The van der Waals surface area contributed by atoms with Crippen LogP contribution in [0.3, 0.4) is 0 Å². The SMILES string of the molecule is COC(=O)/C=C/C(NC1(C(=O)O)CCCC1)c1ccccc1.Cl. The number of esters is 1. The lowest BCUT2D eigenvalue weighted by Gasteiger charge is -2.30. The van der Waals surface area contributed by atoms with Gasteiger partial charge in [0, 0.05) is 6.08 Å². The number of hydrogen-bond acceptors (Lipinski definition) is 4. The van der Waals surface area contributed by atoms with Crippen LogP contribution in [0.4, 0.5) is 0 Å². The summed E-state index contributed by atoms with van der Waals surface area (Å²) in [6.07, 6.45) is 5.96. The summed E-state index contributed by atoms with van der Waals surface area (Å²) in [6.45, 7) is 0. The Morgan fingerprint density at radius 3 is 2.39 bits per heavy atom. The van der Waals surface area contributed by atoms with E-state index in [4.69, 9.17) is 0 Å². The van der Waals surface area contributed by atoms with Crippen molar-refractivity contribution in [3.63, 3.8) is 0 Å². The average Bonchev–Trinajstić information content (AvgIpc) is 3.02. The van der Waals surface area contributed by atoms with Gasteiger partial charge in [-0.05, 0) is 18.4 Å². The Kier molecular flexibility index (Phi) is 7.26. The monoisotopic (exact) mass is 339 g/mol. The number of carboxylic acid groups (broad SMARTS) is 1. The van der Waals surface area contributed by atoms with Gasteiger partial charge in [0.15, 0.2) is 0 Å². The molecule has 0 aliphatic heterocycles. The van der Waals surface area contributed by atoms with Gasteiger partial charge in [0.05, 0.1) is 13.2 Å². The molecule has 1 aromatic rings. The molecule has 0 heterocycles. The quantitative estimate of drug-likeness (QED) is 0.615. The molecule has 23 heavy (non-hydrogen) atoms. The fourth-order valence-corrected chi connectivity index (χ4v) is 2.84. The zero-order valence-corrected chi connectivity index (χ0v) is 13.8. The lowest BCUT2D eigenvalue weighted by Crippen LogP contribution is -2.51. The summed E-state index contributed by atoms with van der Waals surface area (Å²) >= 11 is 0. The zero-order valence-electron chi connectivity index (χ0n) is 13.0. The lowest BCUT2D eigenvalue weighted by atomic mass is 9.94. The van der Waals surface area contributed by atoms with Crippen LogP contribution in [0.5, 0.6) is 0 Å². The van der Waals surface area contributed by atoms with Crippen molar-refractivity contribution in [2.75, 3.05) is 7.11 Å². The number of carboxylic acids is 1. The van der Waals surface area contributed by atoms with E-state index in [0.29, 0.717) is 12.8 Å². The second-order valence-corrected chi connectivity index (χ2v) is 5.51. The molecule has 126 valence electrons. The number of hydrogen-bond donors (Lipinski definition) is 2. The van der Waals surface area contributed by atoms with Gasteiger partial charge in [-0.25, -0.2) is 4.79 Å². The van der Waals surface area contributed by atoms with E-state index in [2.05, 4.69) is 10.1 Å². The van der Waals surface area contributed by atoms with Crippen molar-refractivity contribution in [1.82, 2.24) is 5.32 Å². The highest BCUT2D eigenvalue weighted by atomic mass is 35.5. The summed E-state index contributed by atoms with van der Waals surface area (Å²) in [7, 11) is 1.31. The zero-order chi connectivity index (χ0) is 16.0. The minimum absolute atomic E-state index is 0. The van der Waals surface area contributed by atoms with Crippen LogP contribution in [0.25, 0.3) is 0 Å². The van der Waals surface area contributed by atoms with Crippen molar-refractivity contribution in [2.24, 2.45) is 0 Å². The molecule has 1 unspecified atom stereocenters. The maximum absolute atomic E-state index is 11.7. The van der Waals surface area contributed by atoms with Gasteiger partial charge in [-0.3, -0.25) is 10.1 Å². The van der Waals surface area contributed by atoms with Crippen LogP contribution >= 0.6 is 12.4 Å². The number of benzene rings is 1. The number of aliphatic carboxylic acids is 1. The lowest BCUT2D eigenvalue weighted by molar-refractivity contribution is -0.145. The molecule has 1 saturated carbocycles. The van der Waals surface area contributed by atoms with Crippen LogP contribution in [0.1, 0.15) is 37.3 Å². The van der Waals surface area contributed by atoms with Crippen molar-refractivity contribution in [2.45, 2.75) is 37.3 Å². The molecule has 1 fully saturated rings. The van der Waals surface area contributed by atoms with E-state index in [0.717, 1.165) is 18.4 Å². The Labute approximate surface area is 142 Å². The summed E-state index contributed by atoms with van der Waals surface area (Å²) in [5.41, 5.74) is -0.0174. The molecular weight excluding hydrogens is 318 g/mol. The summed E-state index contributed by atoms with van der Waals surface area (Å²) in [5, 5.41) is 12.8. The van der Waals surface area contributed by atoms with Crippen molar-refractivity contribution in [1.29, 1.82) is 0 Å². The molecule has 1 aliphatic rings. The van der Waals surface area contributed by atoms with Gasteiger partial charge in [-0.2, -0.15) is 0 Å². The molecule has 2 rings (SSSR count). The van der Waals surface area contributed by atoms with E-state index < -0.39 is 17.5 Å². The number of carbonyl (C=O) groups excluding carboxylic acids is 1. The van der Waals surface area contributed by atoms with Crippen molar-refractivity contribution >= 4 is 24.3 Å². The van der Waals surface area contributed by atoms with Gasteiger partial charge in [-0.15, -0.1) is 12.4 Å². The first kappa shape index (κ1) is 19.2. The normalized spacial score (nSPS) is 17.4. The van der Waals surface area contributed by atoms with E-state index in [-0.39, 0.29) is 18.4 Å². The first-order chi connectivity index (χ1) is 10.6. The minimum Gasteiger partial charge on any atom is -0.480 e. The largest absolute Gasteiger partial charge is 0.480 e. The Morgan fingerprint density at radius 2 is 1.87 bits per heavy atom. The van der Waals surface area contributed by atoms with Gasteiger partial charge in [-0.1, -0.05) is 49.2 Å². The molecule has 2 N–H and O–H groups in total. The maximum atomic E-state index is 11.7. The molecule has 1 atom stereocenters. The second-order valence-electron chi connectivity index (χ2n) is 5.51. The van der Waals surface area contributed by atoms with Gasteiger partial charge < -0.3 is 9.84 Å². The van der Waals surface area contributed by atoms with Gasteiger partial charge in [0.1, 0.15) is 5.54 Å². The Balaban J connectivity index is 0.00000264. The van der Waals surface area contributed by atoms with Crippen LogP contribution in [-0.4, -0.2) is 29.7 Å². The third-order valence-corrected chi connectivity index (χ3v) is 4.08. The summed E-state index contributed by atoms with van der Waals surface area (Å²) in [6, 6.07) is 9.13. The molecule has 1 aromatic carbocycles. The highest BCUT2D eigenvalue weighted by Gasteiger charge is 2.42. The average molecular weight is 340 g/mol. The molecule has 5 nitrogen and oxygen atoms in total.